The zero-order valence-corrected chi connectivity index (χ0v) is 16.0. The van der Waals surface area contributed by atoms with Crippen LogP contribution in [0.5, 0.6) is 11.5 Å². The molecular formula is C17H16ClN3O5S. The van der Waals surface area contributed by atoms with Crippen molar-refractivity contribution >= 4 is 40.5 Å². The smallest absolute Gasteiger partial charge is 0.282 e. The van der Waals surface area contributed by atoms with Crippen LogP contribution in [0.3, 0.4) is 0 Å². The van der Waals surface area contributed by atoms with Gasteiger partial charge in [0.1, 0.15) is 5.56 Å². The molecule has 0 aliphatic rings. The lowest BCUT2D eigenvalue weighted by atomic mass is 10.1. The van der Waals surface area contributed by atoms with Gasteiger partial charge in [-0.1, -0.05) is 23.7 Å². The fourth-order valence-corrected chi connectivity index (χ4v) is 2.63. The van der Waals surface area contributed by atoms with Crippen molar-refractivity contribution in [2.24, 2.45) is 0 Å². The van der Waals surface area contributed by atoms with Crippen LogP contribution in [0.4, 0.5) is 5.69 Å². The van der Waals surface area contributed by atoms with Crippen LogP contribution in [-0.2, 0) is 6.54 Å². The zero-order chi connectivity index (χ0) is 20.0. The van der Waals surface area contributed by atoms with E-state index in [0.717, 1.165) is 0 Å². The van der Waals surface area contributed by atoms with Crippen LogP contribution < -0.4 is 20.1 Å². The fraction of sp³-hybridized carbons (Fsp3) is 0.176. The van der Waals surface area contributed by atoms with E-state index in [4.69, 9.17) is 33.3 Å². The van der Waals surface area contributed by atoms with Crippen LogP contribution in [-0.4, -0.2) is 30.2 Å². The number of amides is 1. The number of nitrogens with zero attached hydrogens (tertiary/aromatic N) is 1. The standard InChI is InChI=1S/C17H16ClN3O5S/c1-25-14-7-10(12(18)8-15(14)26-2)9-19-17(27)20-16(22)11-5-3-4-6-13(11)21(23)24/h3-8H,9H2,1-2H3,(H2,19,20,22,27). The Bertz CT molecular complexity index is 891. The highest BCUT2D eigenvalue weighted by molar-refractivity contribution is 7.80. The molecule has 0 unspecified atom stereocenters. The van der Waals surface area contributed by atoms with Gasteiger partial charge in [-0.3, -0.25) is 20.2 Å². The Balaban J connectivity index is 2.05. The van der Waals surface area contributed by atoms with E-state index in [1.165, 1.54) is 38.5 Å². The molecule has 10 heteroatoms. The molecule has 2 N–H and O–H groups in total. The first kappa shape index (κ1) is 20.4. The number of benzene rings is 2. The van der Waals surface area contributed by atoms with Gasteiger partial charge < -0.3 is 14.8 Å². The van der Waals surface area contributed by atoms with Crippen molar-refractivity contribution < 1.29 is 19.2 Å². The highest BCUT2D eigenvalue weighted by Crippen LogP contribution is 2.32. The number of nitrogens with one attached hydrogen (secondary N) is 2. The first-order valence-electron chi connectivity index (χ1n) is 7.60. The summed E-state index contributed by atoms with van der Waals surface area (Å²) < 4.78 is 10.4. The molecule has 0 atom stereocenters. The largest absolute Gasteiger partial charge is 0.493 e. The molecule has 2 aromatic carbocycles. The number of thiocarbonyl (C=S) groups is 1. The van der Waals surface area contributed by atoms with Gasteiger partial charge in [0.15, 0.2) is 16.6 Å². The average Bonchev–Trinajstić information content (AvgIpc) is 2.66. The van der Waals surface area contributed by atoms with Crippen molar-refractivity contribution in [2.45, 2.75) is 6.54 Å². The van der Waals surface area contributed by atoms with Gasteiger partial charge in [0, 0.05) is 23.7 Å². The molecule has 0 fully saturated rings. The predicted octanol–water partition coefficient (Wildman–Crippen LogP) is 3.07. The Hall–Kier alpha value is -2.91. The molecule has 142 valence electrons. The van der Waals surface area contributed by atoms with Gasteiger partial charge in [0.2, 0.25) is 0 Å². The van der Waals surface area contributed by atoms with Crippen LogP contribution in [0.1, 0.15) is 15.9 Å². The Labute approximate surface area is 165 Å². The summed E-state index contributed by atoms with van der Waals surface area (Å²) in [6.07, 6.45) is 0. The molecule has 8 nitrogen and oxygen atoms in total. The minimum atomic E-state index is -0.682. The number of nitro groups is 1. The van der Waals surface area contributed by atoms with Gasteiger partial charge in [0.05, 0.1) is 19.1 Å². The third-order valence-electron chi connectivity index (χ3n) is 3.56. The molecule has 0 saturated carbocycles. The summed E-state index contributed by atoms with van der Waals surface area (Å²) in [5.41, 5.74) is 0.271. The molecule has 2 rings (SSSR count). The van der Waals surface area contributed by atoms with E-state index in [1.807, 2.05) is 0 Å². The Morgan fingerprint density at radius 1 is 1.22 bits per heavy atom. The number of nitro benzene ring substituents is 1. The highest BCUT2D eigenvalue weighted by Gasteiger charge is 2.20. The first-order chi connectivity index (χ1) is 12.9. The van der Waals surface area contributed by atoms with E-state index in [-0.39, 0.29) is 22.9 Å². The maximum absolute atomic E-state index is 12.2. The monoisotopic (exact) mass is 409 g/mol. The van der Waals surface area contributed by atoms with Crippen molar-refractivity contribution in [2.75, 3.05) is 14.2 Å². The summed E-state index contributed by atoms with van der Waals surface area (Å²) in [5.74, 6) is 0.297. The molecule has 0 spiro atoms. The average molecular weight is 410 g/mol. The van der Waals surface area contributed by atoms with Crippen molar-refractivity contribution in [1.29, 1.82) is 0 Å². The zero-order valence-electron chi connectivity index (χ0n) is 14.4. The molecule has 0 radical (unpaired) electrons. The van der Waals surface area contributed by atoms with E-state index in [9.17, 15) is 14.9 Å². The summed E-state index contributed by atoms with van der Waals surface area (Å²) >= 11 is 11.3. The number of carbonyl (C=O) groups is 1. The minimum Gasteiger partial charge on any atom is -0.493 e. The van der Waals surface area contributed by atoms with E-state index in [1.54, 1.807) is 12.1 Å². The number of carbonyl (C=O) groups excluding carboxylic acids is 1. The Morgan fingerprint density at radius 2 is 1.85 bits per heavy atom. The summed E-state index contributed by atoms with van der Waals surface area (Å²) in [6.45, 7) is 0.204. The van der Waals surface area contributed by atoms with Crippen molar-refractivity contribution in [1.82, 2.24) is 10.6 Å². The number of hydrogen-bond donors (Lipinski definition) is 2. The van der Waals surface area contributed by atoms with Crippen LogP contribution in [0, 0.1) is 10.1 Å². The topological polar surface area (TPSA) is 103 Å². The quantitative estimate of drug-likeness (QED) is 0.429. The maximum atomic E-state index is 12.2. The van der Waals surface area contributed by atoms with Crippen molar-refractivity contribution in [3.63, 3.8) is 0 Å². The second kappa shape index (κ2) is 9.15. The second-order valence-electron chi connectivity index (χ2n) is 5.21. The summed E-state index contributed by atoms with van der Waals surface area (Å²) in [5, 5.41) is 16.7. The number of hydrogen-bond acceptors (Lipinski definition) is 6. The maximum Gasteiger partial charge on any atom is 0.282 e. The van der Waals surface area contributed by atoms with Gasteiger partial charge in [-0.05, 0) is 29.9 Å². The second-order valence-corrected chi connectivity index (χ2v) is 6.03. The number of methoxy groups -OCH3 is 2. The Kier molecular flexibility index (Phi) is 6.91. The molecule has 27 heavy (non-hydrogen) atoms. The van der Waals surface area contributed by atoms with E-state index in [0.29, 0.717) is 22.1 Å². The molecule has 0 aliphatic heterocycles. The minimum absolute atomic E-state index is 0.00371. The van der Waals surface area contributed by atoms with Gasteiger partial charge in [0.25, 0.3) is 11.6 Å². The lowest BCUT2D eigenvalue weighted by Gasteiger charge is -2.13. The molecule has 1 amide bonds. The Morgan fingerprint density at radius 3 is 2.48 bits per heavy atom. The van der Waals surface area contributed by atoms with Gasteiger partial charge in [-0.25, -0.2) is 0 Å². The van der Waals surface area contributed by atoms with E-state index in [2.05, 4.69) is 10.6 Å². The predicted molar refractivity (Wildman–Crippen MR) is 105 cm³/mol. The first-order valence-corrected chi connectivity index (χ1v) is 8.39. The molecule has 0 aliphatic carbocycles. The molecule has 0 bridgehead atoms. The number of para-hydroxylation sites is 1. The summed E-state index contributed by atoms with van der Waals surface area (Å²) in [6, 6.07) is 8.88. The SMILES string of the molecule is COc1cc(Cl)c(CNC(=S)NC(=O)c2ccccc2[N+](=O)[O-])cc1OC. The van der Waals surface area contributed by atoms with Crippen LogP contribution in [0.2, 0.25) is 5.02 Å². The normalized spacial score (nSPS) is 10.0. The van der Waals surface area contributed by atoms with Gasteiger partial charge in [-0.2, -0.15) is 0 Å². The molecule has 0 saturated heterocycles. The van der Waals surface area contributed by atoms with Crippen LogP contribution in [0.15, 0.2) is 36.4 Å². The molecular weight excluding hydrogens is 394 g/mol. The van der Waals surface area contributed by atoms with Gasteiger partial charge >= 0.3 is 0 Å². The molecule has 0 heterocycles. The van der Waals surface area contributed by atoms with Crippen molar-refractivity contribution in [3.8, 4) is 11.5 Å². The van der Waals surface area contributed by atoms with E-state index >= 15 is 0 Å². The lowest BCUT2D eigenvalue weighted by molar-refractivity contribution is -0.385. The van der Waals surface area contributed by atoms with Crippen molar-refractivity contribution in [3.05, 3.63) is 62.7 Å². The third kappa shape index (κ3) is 5.05. The van der Waals surface area contributed by atoms with Gasteiger partial charge in [-0.15, -0.1) is 0 Å². The fourth-order valence-electron chi connectivity index (χ4n) is 2.25. The number of halogens is 1. The molecule has 2 aromatic rings. The number of ether oxygens (including phenoxy) is 2. The van der Waals surface area contributed by atoms with Crippen LogP contribution in [0.25, 0.3) is 0 Å². The number of rotatable bonds is 6. The molecule has 0 aromatic heterocycles. The summed E-state index contributed by atoms with van der Waals surface area (Å²) in [4.78, 5) is 22.6. The van der Waals surface area contributed by atoms with E-state index < -0.39 is 10.8 Å². The summed E-state index contributed by atoms with van der Waals surface area (Å²) in [7, 11) is 3.00. The highest BCUT2D eigenvalue weighted by atomic mass is 35.5. The third-order valence-corrected chi connectivity index (χ3v) is 4.16. The van der Waals surface area contributed by atoms with Crippen LogP contribution >= 0.6 is 23.8 Å². The lowest BCUT2D eigenvalue weighted by Crippen LogP contribution is -2.39.